The zero-order chi connectivity index (χ0) is 13.8. The standard InChI is InChI=1S/C10H16N4O4/c1-10(2,3)18-9(17)12-8-11-6(13-14-8)4-5-7(15)16/h4-5H2,1-3H3,(H,15,16)(H2,11,12,13,14,17). The van der Waals surface area contributed by atoms with Crippen LogP contribution >= 0.6 is 0 Å². The lowest BCUT2D eigenvalue weighted by Gasteiger charge is -2.18. The van der Waals surface area contributed by atoms with Crippen LogP contribution in [0.5, 0.6) is 0 Å². The number of nitrogens with zero attached hydrogens (tertiary/aromatic N) is 2. The van der Waals surface area contributed by atoms with Crippen LogP contribution < -0.4 is 5.32 Å². The number of carbonyl (C=O) groups is 2. The first kappa shape index (κ1) is 13.9. The second-order valence-electron chi connectivity index (χ2n) is 4.63. The van der Waals surface area contributed by atoms with E-state index in [9.17, 15) is 9.59 Å². The van der Waals surface area contributed by atoms with Crippen molar-refractivity contribution in [3.63, 3.8) is 0 Å². The number of aromatic amines is 1. The molecule has 0 saturated carbocycles. The van der Waals surface area contributed by atoms with E-state index >= 15 is 0 Å². The number of nitrogens with one attached hydrogen (secondary N) is 2. The van der Waals surface area contributed by atoms with Crippen LogP contribution in [0.25, 0.3) is 0 Å². The van der Waals surface area contributed by atoms with Crippen molar-refractivity contribution in [2.24, 2.45) is 0 Å². The van der Waals surface area contributed by atoms with Gasteiger partial charge in [0.15, 0.2) is 0 Å². The van der Waals surface area contributed by atoms with Crippen molar-refractivity contribution >= 4 is 18.0 Å². The van der Waals surface area contributed by atoms with Gasteiger partial charge in [0.25, 0.3) is 5.95 Å². The van der Waals surface area contributed by atoms with Crippen molar-refractivity contribution in [1.82, 2.24) is 15.2 Å². The molecular weight excluding hydrogens is 240 g/mol. The molecule has 0 spiro atoms. The predicted molar refractivity (Wildman–Crippen MR) is 62.2 cm³/mol. The minimum atomic E-state index is -0.923. The van der Waals surface area contributed by atoms with Gasteiger partial charge in [-0.3, -0.25) is 15.2 Å². The van der Waals surface area contributed by atoms with Crippen molar-refractivity contribution in [3.8, 4) is 0 Å². The van der Waals surface area contributed by atoms with E-state index in [1.807, 2.05) is 0 Å². The molecule has 0 aliphatic carbocycles. The predicted octanol–water partition coefficient (Wildman–Crippen LogP) is 1.17. The first-order chi connectivity index (χ1) is 8.26. The Hall–Kier alpha value is -2.12. The Bertz CT molecular complexity index is 435. The highest BCUT2D eigenvalue weighted by Crippen LogP contribution is 2.09. The molecule has 0 atom stereocenters. The molecule has 8 nitrogen and oxygen atoms in total. The SMILES string of the molecule is CC(C)(C)OC(=O)Nc1n[nH]c(CCC(=O)O)n1. The van der Waals surface area contributed by atoms with Crippen LogP contribution in [-0.4, -0.2) is 38.0 Å². The number of H-pyrrole nitrogens is 1. The molecular formula is C10H16N4O4. The van der Waals surface area contributed by atoms with Gasteiger partial charge < -0.3 is 9.84 Å². The van der Waals surface area contributed by atoms with Crippen LogP contribution in [-0.2, 0) is 16.0 Å². The van der Waals surface area contributed by atoms with E-state index in [0.717, 1.165) is 0 Å². The summed E-state index contributed by atoms with van der Waals surface area (Å²) >= 11 is 0. The second-order valence-corrected chi connectivity index (χ2v) is 4.63. The monoisotopic (exact) mass is 256 g/mol. The number of hydrogen-bond donors (Lipinski definition) is 3. The highest BCUT2D eigenvalue weighted by atomic mass is 16.6. The van der Waals surface area contributed by atoms with Gasteiger partial charge in [0.1, 0.15) is 11.4 Å². The van der Waals surface area contributed by atoms with E-state index in [-0.39, 0.29) is 18.8 Å². The highest BCUT2D eigenvalue weighted by Gasteiger charge is 2.17. The average Bonchev–Trinajstić information content (AvgIpc) is 2.59. The Morgan fingerprint density at radius 1 is 1.44 bits per heavy atom. The molecule has 100 valence electrons. The van der Waals surface area contributed by atoms with Gasteiger partial charge in [-0.25, -0.2) is 4.79 Å². The van der Waals surface area contributed by atoms with Gasteiger partial charge in [-0.1, -0.05) is 0 Å². The number of hydrogen-bond acceptors (Lipinski definition) is 5. The molecule has 0 radical (unpaired) electrons. The Kier molecular flexibility index (Phi) is 4.24. The lowest BCUT2D eigenvalue weighted by molar-refractivity contribution is -0.137. The summed E-state index contributed by atoms with van der Waals surface area (Å²) in [6.07, 6.45) is -0.495. The molecule has 0 aliphatic heterocycles. The summed E-state index contributed by atoms with van der Waals surface area (Å²) in [6.45, 7) is 5.22. The Morgan fingerprint density at radius 3 is 2.67 bits per heavy atom. The molecule has 0 aliphatic rings. The van der Waals surface area contributed by atoms with Crippen LogP contribution in [0, 0.1) is 0 Å². The topological polar surface area (TPSA) is 117 Å². The quantitative estimate of drug-likeness (QED) is 0.744. The van der Waals surface area contributed by atoms with Crippen LogP contribution in [0.4, 0.5) is 10.7 Å². The lowest BCUT2D eigenvalue weighted by Crippen LogP contribution is -2.27. The third kappa shape index (κ3) is 5.28. The molecule has 0 saturated heterocycles. The van der Waals surface area contributed by atoms with Gasteiger partial charge in [0.05, 0.1) is 6.42 Å². The van der Waals surface area contributed by atoms with Gasteiger partial charge >= 0.3 is 12.1 Å². The zero-order valence-electron chi connectivity index (χ0n) is 10.5. The van der Waals surface area contributed by atoms with E-state index in [0.29, 0.717) is 5.82 Å². The number of aryl methyl sites for hydroxylation is 1. The number of carboxylic acids is 1. The number of rotatable bonds is 4. The van der Waals surface area contributed by atoms with Crippen molar-refractivity contribution in [1.29, 1.82) is 0 Å². The fourth-order valence-corrected chi connectivity index (χ4v) is 1.08. The molecule has 8 heteroatoms. The summed E-state index contributed by atoms with van der Waals surface area (Å²) in [7, 11) is 0. The van der Waals surface area contributed by atoms with Gasteiger partial charge in [-0.05, 0) is 20.8 Å². The summed E-state index contributed by atoms with van der Waals surface area (Å²) < 4.78 is 5.01. The molecule has 0 fully saturated rings. The number of ether oxygens (including phenoxy) is 1. The van der Waals surface area contributed by atoms with E-state index in [2.05, 4.69) is 20.5 Å². The van der Waals surface area contributed by atoms with Gasteiger partial charge in [-0.15, -0.1) is 5.10 Å². The van der Waals surface area contributed by atoms with Crippen LogP contribution in [0.3, 0.4) is 0 Å². The molecule has 1 rings (SSSR count). The van der Waals surface area contributed by atoms with Crippen molar-refractivity contribution in [3.05, 3.63) is 5.82 Å². The average molecular weight is 256 g/mol. The first-order valence-electron chi connectivity index (χ1n) is 5.39. The Balaban J connectivity index is 2.48. The largest absolute Gasteiger partial charge is 0.481 e. The summed E-state index contributed by atoms with van der Waals surface area (Å²) in [5.41, 5.74) is -0.605. The maximum Gasteiger partial charge on any atom is 0.414 e. The fourth-order valence-electron chi connectivity index (χ4n) is 1.08. The molecule has 3 N–H and O–H groups in total. The van der Waals surface area contributed by atoms with Gasteiger partial charge in [0, 0.05) is 6.42 Å². The molecule has 0 aromatic carbocycles. The lowest BCUT2D eigenvalue weighted by atomic mass is 10.2. The summed E-state index contributed by atoms with van der Waals surface area (Å²) in [6, 6.07) is 0. The van der Waals surface area contributed by atoms with Crippen molar-refractivity contribution < 1.29 is 19.4 Å². The molecule has 0 unspecified atom stereocenters. The first-order valence-corrected chi connectivity index (χ1v) is 5.39. The number of aliphatic carboxylic acids is 1. The van der Waals surface area contributed by atoms with Crippen LogP contribution in [0.1, 0.15) is 33.0 Å². The van der Waals surface area contributed by atoms with E-state index in [1.54, 1.807) is 20.8 Å². The highest BCUT2D eigenvalue weighted by molar-refractivity contribution is 5.82. The number of carbonyl (C=O) groups excluding carboxylic acids is 1. The molecule has 1 aromatic rings. The number of aromatic nitrogens is 3. The molecule has 1 aromatic heterocycles. The van der Waals surface area contributed by atoms with Gasteiger partial charge in [0.2, 0.25) is 0 Å². The minimum absolute atomic E-state index is 0.0545. The van der Waals surface area contributed by atoms with E-state index < -0.39 is 17.7 Å². The number of amides is 1. The Morgan fingerprint density at radius 2 is 2.11 bits per heavy atom. The normalized spacial score (nSPS) is 11.1. The van der Waals surface area contributed by atoms with Crippen molar-refractivity contribution in [2.45, 2.75) is 39.2 Å². The van der Waals surface area contributed by atoms with Crippen LogP contribution in [0.15, 0.2) is 0 Å². The third-order valence-corrected chi connectivity index (χ3v) is 1.72. The summed E-state index contributed by atoms with van der Waals surface area (Å²) in [5.74, 6) is -0.471. The molecule has 18 heavy (non-hydrogen) atoms. The maximum absolute atomic E-state index is 11.4. The van der Waals surface area contributed by atoms with Crippen LogP contribution in [0.2, 0.25) is 0 Å². The van der Waals surface area contributed by atoms with Crippen molar-refractivity contribution in [2.75, 3.05) is 5.32 Å². The maximum atomic E-state index is 11.4. The second kappa shape index (κ2) is 5.48. The third-order valence-electron chi connectivity index (χ3n) is 1.72. The number of carboxylic acid groups (broad SMARTS) is 1. The summed E-state index contributed by atoms with van der Waals surface area (Å²) in [4.78, 5) is 25.7. The van der Waals surface area contributed by atoms with E-state index in [1.165, 1.54) is 0 Å². The minimum Gasteiger partial charge on any atom is -0.481 e. The fraction of sp³-hybridized carbons (Fsp3) is 0.600. The molecule has 0 bridgehead atoms. The zero-order valence-corrected chi connectivity index (χ0v) is 10.5. The van der Waals surface area contributed by atoms with E-state index in [4.69, 9.17) is 9.84 Å². The number of anilines is 1. The molecule has 1 heterocycles. The summed E-state index contributed by atoms with van der Waals surface area (Å²) in [5, 5.41) is 17.1. The Labute approximate surface area is 104 Å². The smallest absolute Gasteiger partial charge is 0.414 e. The molecule has 1 amide bonds. The van der Waals surface area contributed by atoms with Gasteiger partial charge in [-0.2, -0.15) is 4.98 Å².